The minimum absolute atomic E-state index is 0.136. The molecular weight excluding hydrogens is 339 g/mol. The number of rotatable bonds is 7. The summed E-state index contributed by atoms with van der Waals surface area (Å²) >= 11 is 0. The number of carbonyl (C=O) groups excluding carboxylic acids is 2. The van der Waals surface area contributed by atoms with E-state index in [0.717, 1.165) is 12.1 Å². The Labute approximate surface area is 141 Å². The lowest BCUT2D eigenvalue weighted by Crippen LogP contribution is -2.29. The summed E-state index contributed by atoms with van der Waals surface area (Å²) in [5, 5.41) is 13.5. The molecule has 2 aromatic rings. The van der Waals surface area contributed by atoms with E-state index < -0.39 is 36.0 Å². The van der Waals surface area contributed by atoms with Gasteiger partial charge in [-0.1, -0.05) is 12.1 Å². The van der Waals surface area contributed by atoms with Crippen molar-refractivity contribution in [2.45, 2.75) is 31.5 Å². The lowest BCUT2D eigenvalue weighted by Gasteiger charge is -2.18. The first-order valence-corrected chi connectivity index (χ1v) is 7.42. The highest BCUT2D eigenvalue weighted by molar-refractivity contribution is 5.78. The Morgan fingerprint density at radius 1 is 1.12 bits per heavy atom. The highest BCUT2D eigenvalue weighted by Gasteiger charge is 2.30. The Balaban J connectivity index is 2.04. The van der Waals surface area contributed by atoms with Crippen LogP contribution in [-0.4, -0.2) is 11.9 Å². The first-order valence-electron chi connectivity index (χ1n) is 7.42. The molecule has 0 saturated carbocycles. The SMILES string of the molecule is O=C([O-])C[C@H](CC(=O)NCc1ccco1)c1ccc(C(F)(F)F)cc1. The average molecular weight is 354 g/mol. The zero-order chi connectivity index (χ0) is 18.4. The molecular formula is C17H15F3NO4-. The van der Waals surface area contributed by atoms with Gasteiger partial charge in [0.1, 0.15) is 5.76 Å². The van der Waals surface area contributed by atoms with Crippen LogP contribution in [-0.2, 0) is 22.3 Å². The third kappa shape index (κ3) is 5.66. The Morgan fingerprint density at radius 2 is 1.80 bits per heavy atom. The molecule has 25 heavy (non-hydrogen) atoms. The summed E-state index contributed by atoms with van der Waals surface area (Å²) in [6, 6.07) is 7.39. The first kappa shape index (κ1) is 18.6. The van der Waals surface area contributed by atoms with Crippen molar-refractivity contribution in [3.05, 3.63) is 59.5 Å². The molecule has 0 saturated heterocycles. The molecule has 134 valence electrons. The van der Waals surface area contributed by atoms with Gasteiger partial charge in [0, 0.05) is 12.4 Å². The fourth-order valence-corrected chi connectivity index (χ4v) is 2.35. The number of carboxylic acid groups (broad SMARTS) is 1. The van der Waals surface area contributed by atoms with E-state index in [2.05, 4.69) is 5.32 Å². The van der Waals surface area contributed by atoms with Crippen LogP contribution in [0.2, 0.25) is 0 Å². The highest BCUT2D eigenvalue weighted by atomic mass is 19.4. The van der Waals surface area contributed by atoms with Gasteiger partial charge in [-0.3, -0.25) is 4.79 Å². The fourth-order valence-electron chi connectivity index (χ4n) is 2.35. The van der Waals surface area contributed by atoms with Crippen molar-refractivity contribution in [2.75, 3.05) is 0 Å². The molecule has 8 heteroatoms. The quantitative estimate of drug-likeness (QED) is 0.827. The smallest absolute Gasteiger partial charge is 0.416 e. The summed E-state index contributed by atoms with van der Waals surface area (Å²) < 4.78 is 42.9. The van der Waals surface area contributed by atoms with Crippen molar-refractivity contribution >= 4 is 11.9 Å². The molecule has 2 rings (SSSR count). The topological polar surface area (TPSA) is 82.4 Å². The van der Waals surface area contributed by atoms with Crippen molar-refractivity contribution in [2.24, 2.45) is 0 Å². The van der Waals surface area contributed by atoms with E-state index in [4.69, 9.17) is 4.42 Å². The normalized spacial score (nSPS) is 12.6. The van der Waals surface area contributed by atoms with Gasteiger partial charge in [0.2, 0.25) is 5.91 Å². The summed E-state index contributed by atoms with van der Waals surface area (Å²) in [7, 11) is 0. The fraction of sp³-hybridized carbons (Fsp3) is 0.294. The minimum Gasteiger partial charge on any atom is -0.550 e. The number of furan rings is 1. The maximum Gasteiger partial charge on any atom is 0.416 e. The van der Waals surface area contributed by atoms with Crippen molar-refractivity contribution in [1.82, 2.24) is 5.32 Å². The Hall–Kier alpha value is -2.77. The van der Waals surface area contributed by atoms with Crippen LogP contribution in [0.25, 0.3) is 0 Å². The van der Waals surface area contributed by atoms with Crippen LogP contribution in [0, 0.1) is 0 Å². The molecule has 1 atom stereocenters. The van der Waals surface area contributed by atoms with Gasteiger partial charge < -0.3 is 19.6 Å². The molecule has 1 aromatic carbocycles. The largest absolute Gasteiger partial charge is 0.550 e. The van der Waals surface area contributed by atoms with Crippen molar-refractivity contribution in [3.8, 4) is 0 Å². The molecule has 1 N–H and O–H groups in total. The second kappa shape index (κ2) is 7.87. The number of amides is 1. The first-order chi connectivity index (χ1) is 11.8. The second-order valence-corrected chi connectivity index (χ2v) is 5.45. The monoisotopic (exact) mass is 354 g/mol. The third-order valence-electron chi connectivity index (χ3n) is 3.59. The standard InChI is InChI=1S/C17H16F3NO4/c18-17(19,20)13-5-3-11(4-6-13)12(9-16(23)24)8-15(22)21-10-14-2-1-7-25-14/h1-7,12H,8-10H2,(H,21,22)(H,23,24)/p-1/t12-/m0/s1. The molecule has 0 radical (unpaired) electrons. The molecule has 1 amide bonds. The Kier molecular flexibility index (Phi) is 5.84. The van der Waals surface area contributed by atoms with E-state index >= 15 is 0 Å². The molecule has 0 aliphatic rings. The van der Waals surface area contributed by atoms with Gasteiger partial charge in [0.15, 0.2) is 0 Å². The van der Waals surface area contributed by atoms with Gasteiger partial charge in [-0.2, -0.15) is 13.2 Å². The van der Waals surface area contributed by atoms with Crippen LogP contribution in [0.5, 0.6) is 0 Å². The lowest BCUT2D eigenvalue weighted by atomic mass is 9.91. The van der Waals surface area contributed by atoms with Gasteiger partial charge >= 0.3 is 6.18 Å². The van der Waals surface area contributed by atoms with E-state index in [-0.39, 0.29) is 13.0 Å². The molecule has 0 spiro atoms. The van der Waals surface area contributed by atoms with Gasteiger partial charge in [0.05, 0.1) is 18.4 Å². The molecule has 0 fully saturated rings. The maximum absolute atomic E-state index is 12.6. The lowest BCUT2D eigenvalue weighted by molar-refractivity contribution is -0.306. The van der Waals surface area contributed by atoms with Gasteiger partial charge in [-0.15, -0.1) is 0 Å². The van der Waals surface area contributed by atoms with Crippen LogP contribution in [0.4, 0.5) is 13.2 Å². The molecule has 0 aliphatic heterocycles. The van der Waals surface area contributed by atoms with Crippen LogP contribution in [0.15, 0.2) is 47.1 Å². The number of carboxylic acids is 1. The minimum atomic E-state index is -4.48. The number of benzene rings is 1. The van der Waals surface area contributed by atoms with Gasteiger partial charge in [0.25, 0.3) is 0 Å². The number of nitrogens with one attached hydrogen (secondary N) is 1. The van der Waals surface area contributed by atoms with Crippen LogP contribution in [0.1, 0.15) is 35.6 Å². The Morgan fingerprint density at radius 3 is 2.32 bits per heavy atom. The number of hydrogen-bond donors (Lipinski definition) is 1. The van der Waals surface area contributed by atoms with Gasteiger partial charge in [-0.25, -0.2) is 0 Å². The van der Waals surface area contributed by atoms with E-state index in [1.54, 1.807) is 12.1 Å². The van der Waals surface area contributed by atoms with E-state index in [0.29, 0.717) is 11.3 Å². The zero-order valence-corrected chi connectivity index (χ0v) is 13.0. The molecule has 0 bridgehead atoms. The van der Waals surface area contributed by atoms with Gasteiger partial charge in [-0.05, 0) is 42.2 Å². The van der Waals surface area contributed by atoms with Crippen molar-refractivity contribution in [3.63, 3.8) is 0 Å². The van der Waals surface area contributed by atoms with E-state index in [9.17, 15) is 27.9 Å². The van der Waals surface area contributed by atoms with Crippen molar-refractivity contribution in [1.29, 1.82) is 0 Å². The summed E-state index contributed by atoms with van der Waals surface area (Å²) in [5.41, 5.74) is -0.518. The number of carbonyl (C=O) groups is 2. The second-order valence-electron chi connectivity index (χ2n) is 5.45. The van der Waals surface area contributed by atoms with E-state index in [1.165, 1.54) is 18.4 Å². The zero-order valence-electron chi connectivity index (χ0n) is 13.0. The predicted octanol–water partition coefficient (Wildman–Crippen LogP) is 2.23. The molecule has 0 unspecified atom stereocenters. The molecule has 1 aromatic heterocycles. The molecule has 0 aliphatic carbocycles. The van der Waals surface area contributed by atoms with Crippen LogP contribution in [0.3, 0.4) is 0 Å². The van der Waals surface area contributed by atoms with Crippen molar-refractivity contribution < 1.29 is 32.3 Å². The summed E-state index contributed by atoms with van der Waals surface area (Å²) in [4.78, 5) is 22.9. The molecule has 5 nitrogen and oxygen atoms in total. The number of aliphatic carboxylic acids is 1. The number of halogens is 3. The Bertz CT molecular complexity index is 708. The highest BCUT2D eigenvalue weighted by Crippen LogP contribution is 2.31. The summed E-state index contributed by atoms with van der Waals surface area (Å²) in [5.74, 6) is -2.09. The average Bonchev–Trinajstić information content (AvgIpc) is 3.04. The van der Waals surface area contributed by atoms with Crippen LogP contribution < -0.4 is 10.4 Å². The summed E-state index contributed by atoms with van der Waals surface area (Å²) in [6.07, 6.45) is -3.70. The number of alkyl halides is 3. The molecule has 1 heterocycles. The third-order valence-corrected chi connectivity index (χ3v) is 3.59. The van der Waals surface area contributed by atoms with E-state index in [1.807, 2.05) is 0 Å². The maximum atomic E-state index is 12.6. The number of hydrogen-bond acceptors (Lipinski definition) is 4. The van der Waals surface area contributed by atoms with Crippen LogP contribution >= 0.6 is 0 Å². The summed E-state index contributed by atoms with van der Waals surface area (Å²) in [6.45, 7) is 0.136. The predicted molar refractivity (Wildman–Crippen MR) is 79.0 cm³/mol.